The first-order chi connectivity index (χ1) is 34.0. The summed E-state index contributed by atoms with van der Waals surface area (Å²) in [6, 6.07) is 0. The summed E-state index contributed by atoms with van der Waals surface area (Å²) >= 11 is 0. The van der Waals surface area contributed by atoms with Crippen molar-refractivity contribution in [2.75, 3.05) is 13.2 Å². The van der Waals surface area contributed by atoms with E-state index < -0.39 is 6.10 Å². The zero-order valence-corrected chi connectivity index (χ0v) is 45.8. The molecule has 0 bridgehead atoms. The maximum Gasteiger partial charge on any atom is 0.306 e. The topological polar surface area (TPSA) is 78.9 Å². The van der Waals surface area contributed by atoms with Gasteiger partial charge in [-0.05, 0) is 51.4 Å². The van der Waals surface area contributed by atoms with Crippen LogP contribution in [0.25, 0.3) is 0 Å². The van der Waals surface area contributed by atoms with Gasteiger partial charge in [-0.1, -0.05) is 293 Å². The first-order valence-electron chi connectivity index (χ1n) is 29.8. The van der Waals surface area contributed by atoms with Gasteiger partial charge in [0.05, 0.1) is 0 Å². The Hall–Kier alpha value is -2.89. The van der Waals surface area contributed by atoms with Crippen LogP contribution in [0.1, 0.15) is 303 Å². The highest BCUT2D eigenvalue weighted by atomic mass is 16.6. The monoisotopic (exact) mass is 965 g/mol. The molecule has 1 atom stereocenters. The van der Waals surface area contributed by atoms with Crippen LogP contribution in [0.3, 0.4) is 0 Å². The normalized spacial score (nSPS) is 12.4. The van der Waals surface area contributed by atoms with Crippen LogP contribution in [0.5, 0.6) is 0 Å². The average Bonchev–Trinajstić information content (AvgIpc) is 3.35. The number of hydrogen-bond donors (Lipinski definition) is 0. The molecule has 6 heteroatoms. The third-order valence-corrected chi connectivity index (χ3v) is 13.1. The molecule has 0 heterocycles. The summed E-state index contributed by atoms with van der Waals surface area (Å²) in [7, 11) is 0. The van der Waals surface area contributed by atoms with Crippen molar-refractivity contribution in [3.63, 3.8) is 0 Å². The lowest BCUT2D eigenvalue weighted by Gasteiger charge is -2.18. The van der Waals surface area contributed by atoms with Gasteiger partial charge >= 0.3 is 17.9 Å². The van der Waals surface area contributed by atoms with E-state index in [1.165, 1.54) is 186 Å². The number of unbranched alkanes of at least 4 members (excludes halogenated alkanes) is 33. The van der Waals surface area contributed by atoms with Crippen molar-refractivity contribution in [3.05, 3.63) is 60.8 Å². The molecule has 0 aromatic heterocycles. The Morgan fingerprint density at radius 1 is 0.304 bits per heavy atom. The minimum absolute atomic E-state index is 0.0925. The molecule has 0 N–H and O–H groups in total. The largest absolute Gasteiger partial charge is 0.462 e. The second kappa shape index (κ2) is 57.7. The Balaban J connectivity index is 4.42. The van der Waals surface area contributed by atoms with Gasteiger partial charge in [-0.15, -0.1) is 0 Å². The van der Waals surface area contributed by atoms with Gasteiger partial charge in [0, 0.05) is 19.3 Å². The van der Waals surface area contributed by atoms with E-state index in [-0.39, 0.29) is 37.5 Å². The summed E-state index contributed by atoms with van der Waals surface area (Å²) in [6.45, 7) is 6.51. The van der Waals surface area contributed by atoms with Crippen LogP contribution in [-0.2, 0) is 28.6 Å². The molecule has 0 fully saturated rings. The molecule has 1 unspecified atom stereocenters. The molecule has 0 rings (SSSR count). The van der Waals surface area contributed by atoms with E-state index in [2.05, 4.69) is 75.5 Å². The van der Waals surface area contributed by atoms with E-state index in [0.29, 0.717) is 19.3 Å². The third kappa shape index (κ3) is 55.9. The summed E-state index contributed by atoms with van der Waals surface area (Å²) in [5.41, 5.74) is 0. The lowest BCUT2D eigenvalue weighted by Crippen LogP contribution is -2.30. The molecule has 0 aliphatic heterocycles. The number of carbonyl (C=O) groups is 3. The van der Waals surface area contributed by atoms with Gasteiger partial charge in [-0.3, -0.25) is 14.4 Å². The lowest BCUT2D eigenvalue weighted by atomic mass is 10.0. The molecule has 0 saturated heterocycles. The Bertz CT molecular complexity index is 1250. The molecule has 0 aromatic carbocycles. The zero-order valence-electron chi connectivity index (χ0n) is 45.8. The molecule has 0 aliphatic carbocycles. The molecule has 0 aromatic rings. The summed E-state index contributed by atoms with van der Waals surface area (Å²) in [4.78, 5) is 38.2. The fourth-order valence-corrected chi connectivity index (χ4v) is 8.61. The van der Waals surface area contributed by atoms with E-state index in [4.69, 9.17) is 14.2 Å². The minimum Gasteiger partial charge on any atom is -0.462 e. The van der Waals surface area contributed by atoms with Crippen molar-refractivity contribution >= 4 is 17.9 Å². The van der Waals surface area contributed by atoms with Gasteiger partial charge < -0.3 is 14.2 Å². The number of carbonyl (C=O) groups excluding carboxylic acids is 3. The highest BCUT2D eigenvalue weighted by molar-refractivity contribution is 5.71. The van der Waals surface area contributed by atoms with Crippen LogP contribution >= 0.6 is 0 Å². The van der Waals surface area contributed by atoms with Crippen LogP contribution in [0, 0.1) is 0 Å². The highest BCUT2D eigenvalue weighted by Crippen LogP contribution is 2.17. The van der Waals surface area contributed by atoms with Crippen molar-refractivity contribution in [2.45, 2.75) is 309 Å². The van der Waals surface area contributed by atoms with Gasteiger partial charge in [0.2, 0.25) is 0 Å². The number of rotatable bonds is 54. The molecule has 0 radical (unpaired) electrons. The van der Waals surface area contributed by atoms with Gasteiger partial charge in [0.1, 0.15) is 13.2 Å². The van der Waals surface area contributed by atoms with Crippen LogP contribution in [0.15, 0.2) is 60.8 Å². The van der Waals surface area contributed by atoms with Crippen LogP contribution in [-0.4, -0.2) is 37.2 Å². The second-order valence-electron chi connectivity index (χ2n) is 19.9. The molecule has 6 nitrogen and oxygen atoms in total. The van der Waals surface area contributed by atoms with Gasteiger partial charge in [-0.2, -0.15) is 0 Å². The first-order valence-corrected chi connectivity index (χ1v) is 29.8. The summed E-state index contributed by atoms with van der Waals surface area (Å²) in [5.74, 6) is -0.962. The summed E-state index contributed by atoms with van der Waals surface area (Å²) in [5, 5.41) is 0. The highest BCUT2D eigenvalue weighted by Gasteiger charge is 2.19. The molecule has 69 heavy (non-hydrogen) atoms. The maximum atomic E-state index is 12.9. The quantitative estimate of drug-likeness (QED) is 0.0262. The fourth-order valence-electron chi connectivity index (χ4n) is 8.61. The van der Waals surface area contributed by atoms with E-state index in [9.17, 15) is 14.4 Å². The Kier molecular flexibility index (Phi) is 55.3. The van der Waals surface area contributed by atoms with Gasteiger partial charge in [0.25, 0.3) is 0 Å². The van der Waals surface area contributed by atoms with E-state index in [1.807, 2.05) is 6.08 Å². The number of ether oxygens (including phenoxy) is 3. The first kappa shape index (κ1) is 66.1. The van der Waals surface area contributed by atoms with E-state index in [0.717, 1.165) is 70.6 Å². The van der Waals surface area contributed by atoms with Crippen molar-refractivity contribution in [1.29, 1.82) is 0 Å². The smallest absolute Gasteiger partial charge is 0.306 e. The number of allylic oxidation sites excluding steroid dienone is 10. The zero-order chi connectivity index (χ0) is 50.0. The standard InChI is InChI=1S/C63H112O6/c1-4-7-10-13-16-19-22-25-28-31-33-35-38-41-44-47-50-53-56-62(65)68-59-60(58-67-61(64)55-52-49-46-43-40-37-34-30-27-24-21-18-15-12-9-6-3)69-63(66)57-54-51-48-45-42-39-36-32-29-26-23-20-17-14-11-8-5-2/h9,12,18,21,27,30,37,40,46,49,60H,4-8,10-11,13-17,19-20,22-26,28-29,31-36,38-39,41-45,47-48,50-59H2,1-3H3/b12-9-,21-18-,30-27-,40-37-,49-46-. The molecule has 0 aliphatic rings. The SMILES string of the molecule is CC/C=C\C/C=C\C/C=C\C/C=C\C/C=C\CCC(=O)OCC(COC(=O)CCCCCCCCCCCCCCCCCCCC)OC(=O)CCCCCCCCCCCCCCCCCCC. The fraction of sp³-hybridized carbons (Fsp3) is 0.794. The van der Waals surface area contributed by atoms with Gasteiger partial charge in [0.15, 0.2) is 6.10 Å². The van der Waals surface area contributed by atoms with Crippen LogP contribution < -0.4 is 0 Å². The molecule has 0 spiro atoms. The van der Waals surface area contributed by atoms with Crippen molar-refractivity contribution in [1.82, 2.24) is 0 Å². The number of hydrogen-bond acceptors (Lipinski definition) is 6. The molecule has 0 amide bonds. The molecule has 0 saturated carbocycles. The van der Waals surface area contributed by atoms with E-state index in [1.54, 1.807) is 0 Å². The van der Waals surface area contributed by atoms with Gasteiger partial charge in [-0.25, -0.2) is 0 Å². The third-order valence-electron chi connectivity index (χ3n) is 13.1. The summed E-state index contributed by atoms with van der Waals surface area (Å²) in [6.07, 6.45) is 72.3. The lowest BCUT2D eigenvalue weighted by molar-refractivity contribution is -0.166. The predicted octanol–water partition coefficient (Wildman–Crippen LogP) is 20.0. The molecular formula is C63H112O6. The second-order valence-corrected chi connectivity index (χ2v) is 19.9. The Morgan fingerprint density at radius 2 is 0.565 bits per heavy atom. The predicted molar refractivity (Wildman–Crippen MR) is 298 cm³/mol. The molecular weight excluding hydrogens is 853 g/mol. The molecule has 400 valence electrons. The van der Waals surface area contributed by atoms with Crippen molar-refractivity contribution in [2.24, 2.45) is 0 Å². The Labute approximate surface area is 428 Å². The Morgan fingerprint density at radius 3 is 0.884 bits per heavy atom. The van der Waals surface area contributed by atoms with Crippen molar-refractivity contribution in [3.8, 4) is 0 Å². The van der Waals surface area contributed by atoms with Crippen LogP contribution in [0.4, 0.5) is 0 Å². The minimum atomic E-state index is -0.801. The average molecular weight is 966 g/mol. The maximum absolute atomic E-state index is 12.9. The number of esters is 3. The summed E-state index contributed by atoms with van der Waals surface area (Å²) < 4.78 is 16.8. The van der Waals surface area contributed by atoms with Crippen LogP contribution in [0.2, 0.25) is 0 Å². The van der Waals surface area contributed by atoms with E-state index >= 15 is 0 Å². The van der Waals surface area contributed by atoms with Crippen molar-refractivity contribution < 1.29 is 28.6 Å².